The fourth-order valence-electron chi connectivity index (χ4n) is 5.12. The molecule has 0 saturated heterocycles. The van der Waals surface area contributed by atoms with E-state index < -0.39 is 0 Å². The van der Waals surface area contributed by atoms with Crippen LogP contribution in [0.25, 0.3) is 0 Å². The van der Waals surface area contributed by atoms with E-state index in [9.17, 15) is 9.59 Å². The number of rotatable bonds is 3. The molecule has 29 heavy (non-hydrogen) atoms. The molecule has 3 saturated carbocycles. The number of carbonyl (C=O) groups excluding carboxylic acids is 2. The van der Waals surface area contributed by atoms with Gasteiger partial charge in [-0.05, 0) is 61.9 Å². The monoisotopic (exact) mass is 402 g/mol. The third-order valence-corrected chi connectivity index (χ3v) is 7.40. The maximum Gasteiger partial charge on any atom is 0.260 e. The molecule has 0 aromatic heterocycles. The summed E-state index contributed by atoms with van der Waals surface area (Å²) in [4.78, 5) is 29.5. The first-order valence-electron chi connectivity index (χ1n) is 9.87. The van der Waals surface area contributed by atoms with E-state index in [4.69, 9.17) is 0 Å². The summed E-state index contributed by atoms with van der Waals surface area (Å²) in [5.74, 6) is 5.97. The molecule has 2 amide bonds. The molecule has 4 aliphatic rings. The van der Waals surface area contributed by atoms with Crippen LogP contribution >= 0.6 is 11.8 Å². The van der Waals surface area contributed by atoms with Crippen molar-refractivity contribution in [1.82, 2.24) is 0 Å². The Morgan fingerprint density at radius 2 is 1.93 bits per heavy atom. The van der Waals surface area contributed by atoms with Gasteiger partial charge in [0.05, 0.1) is 23.2 Å². The SMILES string of the molecule is CC#CCN1C(=O)c2ccccc2Sc2cc(NC(=O)C34CC(C)(C3)C4)ccc21. The Morgan fingerprint density at radius 3 is 2.66 bits per heavy atom. The minimum absolute atomic E-state index is 0.0477. The van der Waals surface area contributed by atoms with E-state index in [1.165, 1.54) is 0 Å². The summed E-state index contributed by atoms with van der Waals surface area (Å²) in [7, 11) is 0. The first kappa shape index (κ1) is 18.3. The molecule has 0 unspecified atom stereocenters. The molecule has 1 aliphatic heterocycles. The van der Waals surface area contributed by atoms with Gasteiger partial charge < -0.3 is 5.32 Å². The van der Waals surface area contributed by atoms with Crippen LogP contribution in [0, 0.1) is 22.7 Å². The van der Waals surface area contributed by atoms with Crippen LogP contribution in [0.1, 0.15) is 43.5 Å². The minimum atomic E-state index is -0.153. The van der Waals surface area contributed by atoms with E-state index in [1.54, 1.807) is 23.6 Å². The Morgan fingerprint density at radius 1 is 1.17 bits per heavy atom. The average Bonchev–Trinajstić information content (AvgIpc) is 2.77. The van der Waals surface area contributed by atoms with Gasteiger partial charge in [-0.2, -0.15) is 0 Å². The minimum Gasteiger partial charge on any atom is -0.326 e. The molecule has 2 bridgehead atoms. The van der Waals surface area contributed by atoms with Crippen molar-refractivity contribution < 1.29 is 9.59 Å². The molecule has 2 aromatic rings. The van der Waals surface area contributed by atoms with Crippen molar-refractivity contribution in [2.75, 3.05) is 16.8 Å². The van der Waals surface area contributed by atoms with Crippen LogP contribution in [-0.2, 0) is 4.79 Å². The van der Waals surface area contributed by atoms with Gasteiger partial charge in [-0.25, -0.2) is 0 Å². The molecule has 4 nitrogen and oxygen atoms in total. The number of anilines is 2. The molecule has 2 aromatic carbocycles. The molecule has 3 aliphatic carbocycles. The highest BCUT2D eigenvalue weighted by Gasteiger charge is 2.68. The number of hydrogen-bond donors (Lipinski definition) is 1. The largest absolute Gasteiger partial charge is 0.326 e. The van der Waals surface area contributed by atoms with E-state index in [1.807, 2.05) is 42.5 Å². The van der Waals surface area contributed by atoms with Crippen molar-refractivity contribution >= 4 is 35.0 Å². The average molecular weight is 403 g/mol. The van der Waals surface area contributed by atoms with Crippen molar-refractivity contribution in [2.24, 2.45) is 10.8 Å². The lowest BCUT2D eigenvalue weighted by molar-refractivity contribution is -0.194. The molecule has 0 radical (unpaired) electrons. The molecule has 3 fully saturated rings. The van der Waals surface area contributed by atoms with Crippen molar-refractivity contribution in [3.05, 3.63) is 48.0 Å². The number of hydrogen-bond acceptors (Lipinski definition) is 3. The molecule has 1 N–H and O–H groups in total. The van der Waals surface area contributed by atoms with Gasteiger partial charge in [0.1, 0.15) is 0 Å². The van der Waals surface area contributed by atoms with E-state index >= 15 is 0 Å². The van der Waals surface area contributed by atoms with Gasteiger partial charge in [-0.15, -0.1) is 5.92 Å². The molecular weight excluding hydrogens is 380 g/mol. The fourth-order valence-corrected chi connectivity index (χ4v) is 6.23. The van der Waals surface area contributed by atoms with Gasteiger partial charge in [-0.1, -0.05) is 36.7 Å². The Hall–Kier alpha value is -2.71. The van der Waals surface area contributed by atoms with Crippen LogP contribution in [-0.4, -0.2) is 18.4 Å². The van der Waals surface area contributed by atoms with Crippen molar-refractivity contribution in [1.29, 1.82) is 0 Å². The maximum absolute atomic E-state index is 13.2. The van der Waals surface area contributed by atoms with Crippen LogP contribution in [0.4, 0.5) is 11.4 Å². The van der Waals surface area contributed by atoms with Gasteiger partial charge in [0, 0.05) is 15.5 Å². The maximum atomic E-state index is 13.2. The number of carbonyl (C=O) groups is 2. The third kappa shape index (κ3) is 2.86. The number of benzene rings is 2. The predicted octanol–water partition coefficient (Wildman–Crippen LogP) is 4.95. The second-order valence-corrected chi connectivity index (χ2v) is 9.76. The smallest absolute Gasteiger partial charge is 0.260 e. The zero-order valence-electron chi connectivity index (χ0n) is 16.5. The van der Waals surface area contributed by atoms with E-state index in [-0.39, 0.29) is 17.2 Å². The molecule has 146 valence electrons. The van der Waals surface area contributed by atoms with Gasteiger partial charge in [0.25, 0.3) is 5.91 Å². The number of fused-ring (bicyclic) bond motifs is 2. The third-order valence-electron chi connectivity index (χ3n) is 6.28. The van der Waals surface area contributed by atoms with Crippen LogP contribution in [0.3, 0.4) is 0 Å². The summed E-state index contributed by atoms with van der Waals surface area (Å²) < 4.78 is 0. The zero-order valence-corrected chi connectivity index (χ0v) is 17.4. The lowest BCUT2D eigenvalue weighted by atomic mass is 9.35. The summed E-state index contributed by atoms with van der Waals surface area (Å²) in [6.07, 6.45) is 2.99. The second kappa shape index (κ2) is 6.40. The Bertz CT molecular complexity index is 1090. The Balaban J connectivity index is 1.48. The summed E-state index contributed by atoms with van der Waals surface area (Å²) >= 11 is 1.56. The molecule has 0 atom stereocenters. The molecule has 6 rings (SSSR count). The van der Waals surface area contributed by atoms with E-state index in [0.29, 0.717) is 17.5 Å². The van der Waals surface area contributed by atoms with E-state index in [2.05, 4.69) is 24.1 Å². The van der Waals surface area contributed by atoms with Crippen molar-refractivity contribution in [2.45, 2.75) is 42.9 Å². The zero-order chi connectivity index (χ0) is 20.2. The first-order valence-corrected chi connectivity index (χ1v) is 10.7. The Kier molecular flexibility index (Phi) is 4.04. The van der Waals surface area contributed by atoms with Gasteiger partial charge in [0.2, 0.25) is 5.91 Å². The molecular formula is C24H22N2O2S. The van der Waals surface area contributed by atoms with E-state index in [0.717, 1.165) is 40.4 Å². The highest BCUT2D eigenvalue weighted by Crippen LogP contribution is 2.73. The van der Waals surface area contributed by atoms with Crippen molar-refractivity contribution in [3.8, 4) is 11.8 Å². The highest BCUT2D eigenvalue weighted by molar-refractivity contribution is 7.99. The summed E-state index contributed by atoms with van der Waals surface area (Å²) in [5, 5.41) is 3.12. The van der Waals surface area contributed by atoms with Crippen LogP contribution in [0.2, 0.25) is 0 Å². The normalized spacial score (nSPS) is 26.0. The summed E-state index contributed by atoms with van der Waals surface area (Å²) in [5.41, 5.74) is 2.53. The van der Waals surface area contributed by atoms with Gasteiger partial charge >= 0.3 is 0 Å². The molecule has 1 heterocycles. The highest BCUT2D eigenvalue weighted by atomic mass is 32.2. The molecule has 0 spiro atoms. The number of nitrogens with zero attached hydrogens (tertiary/aromatic N) is 1. The standard InChI is InChI=1S/C24H22N2O2S/c1-3-4-11-26-18-10-9-16(25-22(28)24-13-23(2,14-24)15-24)12-20(18)29-19-8-6-5-7-17(19)21(26)27/h5-10,12H,11,13-15H2,1-2H3,(H,25,28). The van der Waals surface area contributed by atoms with Crippen molar-refractivity contribution in [3.63, 3.8) is 0 Å². The lowest BCUT2D eigenvalue weighted by Gasteiger charge is -2.68. The van der Waals surface area contributed by atoms with Crippen LogP contribution in [0.5, 0.6) is 0 Å². The van der Waals surface area contributed by atoms with Gasteiger partial charge in [-0.3, -0.25) is 14.5 Å². The fraction of sp³-hybridized carbons (Fsp3) is 0.333. The first-order chi connectivity index (χ1) is 13.9. The second-order valence-electron chi connectivity index (χ2n) is 8.67. The van der Waals surface area contributed by atoms with Gasteiger partial charge in [0.15, 0.2) is 0 Å². The Labute approximate surface area is 175 Å². The molecule has 5 heteroatoms. The predicted molar refractivity (Wildman–Crippen MR) is 115 cm³/mol. The lowest BCUT2D eigenvalue weighted by Crippen LogP contribution is -2.65. The van der Waals surface area contributed by atoms with Crippen LogP contribution in [0.15, 0.2) is 52.3 Å². The number of nitrogens with one attached hydrogen (secondary N) is 1. The number of amides is 2. The summed E-state index contributed by atoms with van der Waals surface area (Å²) in [6.45, 7) is 4.36. The summed E-state index contributed by atoms with van der Waals surface area (Å²) in [6, 6.07) is 13.4. The van der Waals surface area contributed by atoms with Crippen LogP contribution < -0.4 is 10.2 Å². The quantitative estimate of drug-likeness (QED) is 0.739. The topological polar surface area (TPSA) is 49.4 Å².